The van der Waals surface area contributed by atoms with Crippen LogP contribution in [-0.4, -0.2) is 28.8 Å². The van der Waals surface area contributed by atoms with Crippen molar-refractivity contribution < 1.29 is 5.11 Å². The first-order valence-electron chi connectivity index (χ1n) is 6.48. The quantitative estimate of drug-likeness (QED) is 0.854. The monoisotopic (exact) mass is 234 g/mol. The van der Waals surface area contributed by atoms with E-state index in [9.17, 15) is 5.11 Å². The standard InChI is InChI=1S/C14H22N2O/c1-10(2)14-5-4-12(9-15-14)16-7-6-13(17)8-11(16)3/h4-5,9-11,13,17H,6-8H2,1-3H3. The summed E-state index contributed by atoms with van der Waals surface area (Å²) in [5.74, 6) is 0.477. The first-order valence-corrected chi connectivity index (χ1v) is 6.48. The van der Waals surface area contributed by atoms with Crippen LogP contribution in [-0.2, 0) is 0 Å². The molecule has 0 spiro atoms. The van der Waals surface area contributed by atoms with Gasteiger partial charge in [0.15, 0.2) is 0 Å². The lowest BCUT2D eigenvalue weighted by Gasteiger charge is -2.37. The van der Waals surface area contributed by atoms with Crippen molar-refractivity contribution in [3.63, 3.8) is 0 Å². The van der Waals surface area contributed by atoms with Gasteiger partial charge in [-0.05, 0) is 37.8 Å². The van der Waals surface area contributed by atoms with Gasteiger partial charge in [0.05, 0.1) is 18.0 Å². The number of rotatable bonds is 2. The number of nitrogens with zero attached hydrogens (tertiary/aromatic N) is 2. The maximum absolute atomic E-state index is 9.62. The number of anilines is 1. The van der Waals surface area contributed by atoms with Crippen LogP contribution in [0, 0.1) is 0 Å². The van der Waals surface area contributed by atoms with Gasteiger partial charge in [-0.25, -0.2) is 0 Å². The summed E-state index contributed by atoms with van der Waals surface area (Å²) in [6.45, 7) is 7.40. The molecular formula is C14H22N2O. The van der Waals surface area contributed by atoms with Gasteiger partial charge in [-0.3, -0.25) is 4.98 Å². The summed E-state index contributed by atoms with van der Waals surface area (Å²) < 4.78 is 0. The first-order chi connectivity index (χ1) is 8.08. The summed E-state index contributed by atoms with van der Waals surface area (Å²) in [6, 6.07) is 4.65. The van der Waals surface area contributed by atoms with Gasteiger partial charge < -0.3 is 10.0 Å². The van der Waals surface area contributed by atoms with Crippen LogP contribution in [0.25, 0.3) is 0 Å². The van der Waals surface area contributed by atoms with Crippen molar-refractivity contribution in [2.45, 2.75) is 51.7 Å². The molecule has 1 fully saturated rings. The van der Waals surface area contributed by atoms with Crippen LogP contribution in [0.15, 0.2) is 18.3 Å². The molecule has 0 radical (unpaired) electrons. The van der Waals surface area contributed by atoms with Gasteiger partial charge in [0.25, 0.3) is 0 Å². The molecule has 17 heavy (non-hydrogen) atoms. The van der Waals surface area contributed by atoms with Gasteiger partial charge in [0.2, 0.25) is 0 Å². The van der Waals surface area contributed by atoms with Gasteiger partial charge in [-0.1, -0.05) is 13.8 Å². The van der Waals surface area contributed by atoms with Gasteiger partial charge in [0, 0.05) is 18.3 Å². The summed E-state index contributed by atoms with van der Waals surface area (Å²) in [5.41, 5.74) is 2.31. The normalized spacial score (nSPS) is 25.4. The molecule has 2 atom stereocenters. The molecule has 2 unspecified atom stereocenters. The van der Waals surface area contributed by atoms with Gasteiger partial charge in [-0.15, -0.1) is 0 Å². The molecule has 0 amide bonds. The van der Waals surface area contributed by atoms with E-state index in [1.54, 1.807) is 0 Å². The van der Waals surface area contributed by atoms with E-state index in [4.69, 9.17) is 0 Å². The second-order valence-corrected chi connectivity index (χ2v) is 5.32. The Balaban J connectivity index is 2.11. The number of pyridine rings is 1. The molecule has 2 heterocycles. The van der Waals surface area contributed by atoms with Crippen molar-refractivity contribution in [3.05, 3.63) is 24.0 Å². The van der Waals surface area contributed by atoms with Gasteiger partial charge in [-0.2, -0.15) is 0 Å². The smallest absolute Gasteiger partial charge is 0.0576 e. The zero-order valence-electron chi connectivity index (χ0n) is 10.9. The SMILES string of the molecule is CC(C)c1ccc(N2CCC(O)CC2C)cn1. The predicted octanol–water partition coefficient (Wildman–Crippen LogP) is 2.55. The average molecular weight is 234 g/mol. The van der Waals surface area contributed by atoms with Crippen LogP contribution >= 0.6 is 0 Å². The fourth-order valence-corrected chi connectivity index (χ4v) is 2.44. The van der Waals surface area contributed by atoms with E-state index in [1.807, 2.05) is 6.20 Å². The number of hydrogen-bond donors (Lipinski definition) is 1. The fraction of sp³-hybridized carbons (Fsp3) is 0.643. The van der Waals surface area contributed by atoms with Crippen LogP contribution < -0.4 is 4.90 Å². The number of hydrogen-bond acceptors (Lipinski definition) is 3. The Bertz CT molecular complexity index is 361. The summed E-state index contributed by atoms with van der Waals surface area (Å²) in [6.07, 6.45) is 3.54. The van der Waals surface area contributed by atoms with Crippen molar-refractivity contribution in [1.82, 2.24) is 4.98 Å². The number of piperidine rings is 1. The Labute approximate surface area is 103 Å². The van der Waals surface area contributed by atoms with E-state index in [-0.39, 0.29) is 6.10 Å². The third-order valence-corrected chi connectivity index (χ3v) is 3.54. The molecule has 3 heteroatoms. The Hall–Kier alpha value is -1.09. The molecule has 3 nitrogen and oxygen atoms in total. The minimum absolute atomic E-state index is 0.135. The fourth-order valence-electron chi connectivity index (χ4n) is 2.44. The van der Waals surface area contributed by atoms with E-state index < -0.39 is 0 Å². The lowest BCUT2D eigenvalue weighted by Crippen LogP contribution is -2.42. The number of aliphatic hydroxyl groups is 1. The Kier molecular flexibility index (Phi) is 3.67. The van der Waals surface area contributed by atoms with Crippen molar-refractivity contribution >= 4 is 5.69 Å². The zero-order valence-corrected chi connectivity index (χ0v) is 10.9. The molecule has 2 rings (SSSR count). The molecule has 1 saturated heterocycles. The molecule has 1 aliphatic heterocycles. The molecule has 1 aromatic rings. The van der Waals surface area contributed by atoms with Crippen LogP contribution in [0.1, 0.15) is 45.2 Å². The van der Waals surface area contributed by atoms with Crippen LogP contribution in [0.3, 0.4) is 0 Å². The van der Waals surface area contributed by atoms with E-state index in [2.05, 4.69) is 42.8 Å². The molecular weight excluding hydrogens is 212 g/mol. The van der Waals surface area contributed by atoms with Crippen molar-refractivity contribution in [3.8, 4) is 0 Å². The van der Waals surface area contributed by atoms with Gasteiger partial charge >= 0.3 is 0 Å². The second-order valence-electron chi connectivity index (χ2n) is 5.32. The summed E-state index contributed by atoms with van der Waals surface area (Å²) in [7, 11) is 0. The van der Waals surface area contributed by atoms with E-state index in [0.29, 0.717) is 12.0 Å². The summed E-state index contributed by atoms with van der Waals surface area (Å²) in [4.78, 5) is 6.84. The predicted molar refractivity (Wildman–Crippen MR) is 70.4 cm³/mol. The van der Waals surface area contributed by atoms with Crippen molar-refractivity contribution in [2.24, 2.45) is 0 Å². The largest absolute Gasteiger partial charge is 0.393 e. The highest BCUT2D eigenvalue weighted by Crippen LogP contribution is 2.25. The minimum Gasteiger partial charge on any atom is -0.393 e. The molecule has 1 N–H and O–H groups in total. The lowest BCUT2D eigenvalue weighted by atomic mass is 10.00. The molecule has 1 aliphatic rings. The molecule has 0 aromatic carbocycles. The Morgan fingerprint density at radius 2 is 2.18 bits per heavy atom. The maximum atomic E-state index is 9.62. The first kappa shape index (κ1) is 12.4. The van der Waals surface area contributed by atoms with Crippen LogP contribution in [0.4, 0.5) is 5.69 Å². The Morgan fingerprint density at radius 3 is 2.71 bits per heavy atom. The second kappa shape index (κ2) is 5.05. The zero-order chi connectivity index (χ0) is 12.4. The highest BCUT2D eigenvalue weighted by molar-refractivity contribution is 5.46. The molecule has 94 valence electrons. The number of aromatic nitrogens is 1. The van der Waals surface area contributed by atoms with Crippen LogP contribution in [0.5, 0.6) is 0 Å². The third kappa shape index (κ3) is 2.78. The van der Waals surface area contributed by atoms with Crippen molar-refractivity contribution in [2.75, 3.05) is 11.4 Å². The van der Waals surface area contributed by atoms with E-state index in [1.165, 1.54) is 5.69 Å². The third-order valence-electron chi connectivity index (χ3n) is 3.54. The highest BCUT2D eigenvalue weighted by Gasteiger charge is 2.24. The summed E-state index contributed by atoms with van der Waals surface area (Å²) >= 11 is 0. The Morgan fingerprint density at radius 1 is 1.41 bits per heavy atom. The van der Waals surface area contributed by atoms with Gasteiger partial charge in [0.1, 0.15) is 0 Å². The van der Waals surface area contributed by atoms with Crippen LogP contribution in [0.2, 0.25) is 0 Å². The van der Waals surface area contributed by atoms with E-state index >= 15 is 0 Å². The molecule has 1 aromatic heterocycles. The lowest BCUT2D eigenvalue weighted by molar-refractivity contribution is 0.131. The van der Waals surface area contributed by atoms with E-state index in [0.717, 1.165) is 25.1 Å². The average Bonchev–Trinajstić information content (AvgIpc) is 2.29. The maximum Gasteiger partial charge on any atom is 0.0576 e. The topological polar surface area (TPSA) is 36.4 Å². The molecule has 0 aliphatic carbocycles. The summed E-state index contributed by atoms with van der Waals surface area (Å²) in [5, 5.41) is 9.62. The number of aliphatic hydroxyl groups excluding tert-OH is 1. The minimum atomic E-state index is -0.135. The molecule has 0 bridgehead atoms. The highest BCUT2D eigenvalue weighted by atomic mass is 16.3. The van der Waals surface area contributed by atoms with Crippen molar-refractivity contribution in [1.29, 1.82) is 0 Å². The molecule has 0 saturated carbocycles.